The summed E-state index contributed by atoms with van der Waals surface area (Å²) in [5, 5.41) is 0.896. The van der Waals surface area contributed by atoms with Crippen molar-refractivity contribution in [1.29, 1.82) is 0 Å². The lowest BCUT2D eigenvalue weighted by Crippen LogP contribution is -1.94. The number of nitrogens with zero attached hydrogens (tertiary/aromatic N) is 1. The van der Waals surface area contributed by atoms with Gasteiger partial charge < -0.3 is 4.57 Å². The van der Waals surface area contributed by atoms with Crippen molar-refractivity contribution >= 4 is 27.7 Å². The molecule has 0 bridgehead atoms. The molecule has 0 spiro atoms. The molecule has 0 fully saturated rings. The number of allylic oxidation sites excluding steroid dienone is 7. The van der Waals surface area contributed by atoms with Crippen molar-refractivity contribution in [1.82, 2.24) is 4.57 Å². The molecule has 130 valence electrons. The number of hydrogen-bond donors (Lipinski definition) is 0. The molecule has 0 saturated carbocycles. The zero-order chi connectivity index (χ0) is 18.5. The highest BCUT2D eigenvalue weighted by molar-refractivity contribution is 9.09. The summed E-state index contributed by atoms with van der Waals surface area (Å²) in [4.78, 5) is 0. The molecule has 0 N–H and O–H groups in total. The molecule has 1 heterocycles. The van der Waals surface area contributed by atoms with E-state index in [-0.39, 0.29) is 0 Å². The van der Waals surface area contributed by atoms with Crippen molar-refractivity contribution in [2.24, 2.45) is 0 Å². The standard InChI is InChI=1S/C20H21N.C3H5Br/c1-4-6-8-12-18-15-20(19-13-9-7-10-14-19)21(16-18)17(3)11-5-2;1-2-3-4/h4-16H,2H2,1,3H3;2H,1,3H2/b6-4-,12-8-,17-11+;. The van der Waals surface area contributed by atoms with Gasteiger partial charge in [-0.05, 0) is 37.1 Å². The minimum Gasteiger partial charge on any atom is -0.320 e. The lowest BCUT2D eigenvalue weighted by atomic mass is 10.1. The molecule has 0 amide bonds. The van der Waals surface area contributed by atoms with Gasteiger partial charge in [-0.3, -0.25) is 0 Å². The Morgan fingerprint density at radius 2 is 1.84 bits per heavy atom. The van der Waals surface area contributed by atoms with E-state index in [0.29, 0.717) is 0 Å². The van der Waals surface area contributed by atoms with Gasteiger partial charge in [0.25, 0.3) is 0 Å². The van der Waals surface area contributed by atoms with E-state index in [1.807, 2.05) is 37.3 Å². The molecule has 0 unspecified atom stereocenters. The summed E-state index contributed by atoms with van der Waals surface area (Å²) in [7, 11) is 0. The van der Waals surface area contributed by atoms with Crippen molar-refractivity contribution in [3.8, 4) is 11.3 Å². The summed E-state index contributed by atoms with van der Waals surface area (Å²) in [5.41, 5.74) is 4.73. The fourth-order valence-corrected chi connectivity index (χ4v) is 2.23. The molecular formula is C23H26BrN. The Bertz CT molecular complexity index is 746. The summed E-state index contributed by atoms with van der Waals surface area (Å²) < 4.78 is 2.20. The normalized spacial score (nSPS) is 11.4. The first-order valence-corrected chi connectivity index (χ1v) is 9.33. The van der Waals surface area contributed by atoms with Crippen LogP contribution in [0.5, 0.6) is 0 Å². The van der Waals surface area contributed by atoms with Gasteiger partial charge >= 0.3 is 0 Å². The number of rotatable bonds is 6. The number of halogens is 1. The van der Waals surface area contributed by atoms with Crippen LogP contribution < -0.4 is 0 Å². The van der Waals surface area contributed by atoms with Crippen LogP contribution in [-0.2, 0) is 0 Å². The van der Waals surface area contributed by atoms with Crippen LogP contribution in [0.1, 0.15) is 19.4 Å². The highest BCUT2D eigenvalue weighted by Gasteiger charge is 2.07. The van der Waals surface area contributed by atoms with Crippen LogP contribution in [0.4, 0.5) is 0 Å². The van der Waals surface area contributed by atoms with Crippen molar-refractivity contribution in [2.45, 2.75) is 13.8 Å². The summed E-state index contributed by atoms with van der Waals surface area (Å²) in [5.74, 6) is 0. The molecule has 2 heteroatoms. The fourth-order valence-electron chi connectivity index (χ4n) is 2.23. The zero-order valence-electron chi connectivity index (χ0n) is 15.0. The Labute approximate surface area is 160 Å². The largest absolute Gasteiger partial charge is 0.320 e. The van der Waals surface area contributed by atoms with Gasteiger partial charge in [0.05, 0.1) is 5.69 Å². The van der Waals surface area contributed by atoms with Crippen molar-refractivity contribution in [2.75, 3.05) is 5.33 Å². The Morgan fingerprint density at radius 1 is 1.16 bits per heavy atom. The van der Waals surface area contributed by atoms with Crippen LogP contribution in [0.3, 0.4) is 0 Å². The van der Waals surface area contributed by atoms with Gasteiger partial charge in [0.15, 0.2) is 0 Å². The molecule has 0 radical (unpaired) electrons. The fraction of sp³-hybridized carbons (Fsp3) is 0.130. The second-order valence-corrected chi connectivity index (χ2v) is 5.91. The highest BCUT2D eigenvalue weighted by atomic mass is 79.9. The lowest BCUT2D eigenvalue weighted by Gasteiger charge is -2.09. The first-order chi connectivity index (χ1) is 12.2. The molecule has 0 aliphatic heterocycles. The third-order valence-electron chi connectivity index (χ3n) is 3.35. The Kier molecular flexibility index (Phi) is 10.0. The van der Waals surface area contributed by atoms with E-state index >= 15 is 0 Å². The predicted octanol–water partition coefficient (Wildman–Crippen LogP) is 7.36. The minimum absolute atomic E-state index is 0.896. The average molecular weight is 396 g/mol. The molecule has 1 aromatic heterocycles. The second kappa shape index (κ2) is 12.1. The van der Waals surface area contributed by atoms with Gasteiger partial charge in [-0.2, -0.15) is 0 Å². The Balaban J connectivity index is 0.000000705. The molecule has 1 nitrogen and oxygen atoms in total. The van der Waals surface area contributed by atoms with Crippen molar-refractivity contribution in [3.05, 3.63) is 97.8 Å². The van der Waals surface area contributed by atoms with E-state index in [9.17, 15) is 0 Å². The number of benzene rings is 1. The van der Waals surface area contributed by atoms with Crippen LogP contribution >= 0.6 is 15.9 Å². The SMILES string of the molecule is C=C/C=C(\C)n1cc(/C=C\C=C/C)cc1-c1ccccc1.C=CCBr. The summed E-state index contributed by atoms with van der Waals surface area (Å²) in [6.45, 7) is 11.3. The molecule has 2 aromatic rings. The van der Waals surface area contributed by atoms with Gasteiger partial charge in [0.2, 0.25) is 0 Å². The molecule has 0 aliphatic rings. The molecule has 0 saturated heterocycles. The molecule has 0 atom stereocenters. The number of aromatic nitrogens is 1. The quantitative estimate of drug-likeness (QED) is 0.273. The van der Waals surface area contributed by atoms with Crippen LogP contribution in [0.15, 0.2) is 92.2 Å². The van der Waals surface area contributed by atoms with E-state index in [1.165, 1.54) is 16.8 Å². The lowest BCUT2D eigenvalue weighted by molar-refractivity contribution is 1.11. The third kappa shape index (κ3) is 6.98. The minimum atomic E-state index is 0.896. The van der Waals surface area contributed by atoms with Crippen LogP contribution in [0, 0.1) is 0 Å². The second-order valence-electron chi connectivity index (χ2n) is 5.27. The van der Waals surface area contributed by atoms with Gasteiger partial charge in [0.1, 0.15) is 0 Å². The first-order valence-electron chi connectivity index (χ1n) is 8.21. The first kappa shape index (κ1) is 20.7. The average Bonchev–Trinajstić information content (AvgIpc) is 3.07. The topological polar surface area (TPSA) is 4.93 Å². The molecular weight excluding hydrogens is 370 g/mol. The molecule has 25 heavy (non-hydrogen) atoms. The monoisotopic (exact) mass is 395 g/mol. The summed E-state index contributed by atoms with van der Waals surface area (Å²) in [6, 6.07) is 12.6. The van der Waals surface area contributed by atoms with Gasteiger partial charge in [-0.15, -0.1) is 6.58 Å². The van der Waals surface area contributed by atoms with E-state index in [0.717, 1.165) is 11.0 Å². The van der Waals surface area contributed by atoms with Crippen LogP contribution in [-0.4, -0.2) is 9.90 Å². The molecule has 1 aromatic carbocycles. The highest BCUT2D eigenvalue weighted by Crippen LogP contribution is 2.26. The zero-order valence-corrected chi connectivity index (χ0v) is 16.6. The van der Waals surface area contributed by atoms with Gasteiger partial charge in [0, 0.05) is 17.2 Å². The summed E-state index contributed by atoms with van der Waals surface area (Å²) >= 11 is 3.13. The predicted molar refractivity (Wildman–Crippen MR) is 118 cm³/mol. The van der Waals surface area contributed by atoms with E-state index in [1.54, 1.807) is 6.08 Å². The maximum atomic E-state index is 3.78. The van der Waals surface area contributed by atoms with Gasteiger partial charge in [-0.25, -0.2) is 0 Å². The molecule has 0 aliphatic carbocycles. The maximum absolute atomic E-state index is 3.78. The van der Waals surface area contributed by atoms with Gasteiger partial charge in [-0.1, -0.05) is 89.3 Å². The van der Waals surface area contributed by atoms with Crippen molar-refractivity contribution < 1.29 is 0 Å². The maximum Gasteiger partial charge on any atom is 0.0531 e. The van der Waals surface area contributed by atoms with Crippen LogP contribution in [0.2, 0.25) is 0 Å². The van der Waals surface area contributed by atoms with E-state index in [2.05, 4.69) is 89.3 Å². The van der Waals surface area contributed by atoms with E-state index < -0.39 is 0 Å². The molecule has 2 rings (SSSR count). The number of alkyl halides is 1. The smallest absolute Gasteiger partial charge is 0.0531 e. The summed E-state index contributed by atoms with van der Waals surface area (Å²) in [6.07, 6.45) is 16.0. The van der Waals surface area contributed by atoms with Crippen molar-refractivity contribution in [3.63, 3.8) is 0 Å². The van der Waals surface area contributed by atoms with Crippen LogP contribution in [0.25, 0.3) is 23.0 Å². The Hall–Kier alpha value is -2.32. The van der Waals surface area contributed by atoms with E-state index in [4.69, 9.17) is 0 Å². The third-order valence-corrected chi connectivity index (χ3v) is 3.81. The number of hydrogen-bond acceptors (Lipinski definition) is 0. The Morgan fingerprint density at radius 3 is 2.40 bits per heavy atom.